The van der Waals surface area contributed by atoms with E-state index < -0.39 is 322 Å². The molecule has 0 bridgehead atoms. The molecule has 28 N–H and O–H groups in total. The Bertz CT molecular complexity index is 3320. The van der Waals surface area contributed by atoms with Gasteiger partial charge < -0.3 is 215 Å². The number of rotatable bonds is 53. The van der Waals surface area contributed by atoms with Crippen LogP contribution < -0.4 is 21.3 Å². The van der Waals surface area contributed by atoms with Gasteiger partial charge in [0.1, 0.15) is 171 Å². The molecule has 0 aromatic heterocycles. The number of unbranched alkanes of at least 4 members (excludes halogenated alkanes) is 7. The Morgan fingerprint density at radius 3 is 0.977 bits per heavy atom. The van der Waals surface area contributed by atoms with E-state index in [1.54, 1.807) is 4.90 Å². The highest BCUT2D eigenvalue weighted by Gasteiger charge is 2.56. The normalized spacial score (nSPS) is 37.5. The summed E-state index contributed by atoms with van der Waals surface area (Å²) in [5.74, 6) is -4.20. The maximum absolute atomic E-state index is 13.6. The zero-order chi connectivity index (χ0) is 94.5. The van der Waals surface area contributed by atoms with Crippen molar-refractivity contribution < 1.29 is 227 Å². The summed E-state index contributed by atoms with van der Waals surface area (Å²) in [6.45, 7) is -7.23. The number of nitrogens with one attached hydrogen (secondary N) is 4. The molecule has 0 unspecified atom stereocenters. The van der Waals surface area contributed by atoms with Gasteiger partial charge in [-0.15, -0.1) is 5.06 Å². The van der Waals surface area contributed by atoms with Crippen LogP contribution in [0.4, 0.5) is 0 Å². The third-order valence-electron chi connectivity index (χ3n) is 22.9. The van der Waals surface area contributed by atoms with E-state index in [4.69, 9.17) is 71.2 Å². The number of aliphatic hydroxyl groups excluding tert-OH is 24. The highest BCUT2D eigenvalue weighted by atomic mass is 16.8. The molecule has 8 fully saturated rings. The molecule has 6 amide bonds. The Labute approximate surface area is 738 Å². The van der Waals surface area contributed by atoms with E-state index in [2.05, 4.69) is 21.3 Å². The average molecular weight is 1880 g/mol. The predicted octanol–water partition coefficient (Wildman–Crippen LogP) is -16.9. The van der Waals surface area contributed by atoms with Crippen molar-refractivity contribution in [2.75, 3.05) is 132 Å². The first-order valence-electron chi connectivity index (χ1n) is 43.1. The molecule has 8 aliphatic rings. The smallest absolute Gasteiger partial charge is 0.333 e. The van der Waals surface area contributed by atoms with E-state index in [0.717, 1.165) is 0 Å². The van der Waals surface area contributed by atoms with E-state index in [0.29, 0.717) is 62.9 Å². The van der Waals surface area contributed by atoms with Gasteiger partial charge in [0.2, 0.25) is 23.6 Å². The van der Waals surface area contributed by atoms with E-state index >= 15 is 0 Å². The molecule has 746 valence electrons. The monoisotopic (exact) mass is 1880 g/mol. The van der Waals surface area contributed by atoms with Crippen LogP contribution in [0, 0.1) is 0 Å². The number of ether oxygens (including phenoxy) is 14. The third-order valence-corrected chi connectivity index (χ3v) is 22.9. The molecule has 0 radical (unpaired) electrons. The number of carbonyl (C=O) groups excluding carboxylic acids is 7. The minimum absolute atomic E-state index is 0.00581. The van der Waals surface area contributed by atoms with Crippen LogP contribution in [0.1, 0.15) is 89.9 Å². The minimum Gasteiger partial charge on any atom is -0.394 e. The van der Waals surface area contributed by atoms with Gasteiger partial charge >= 0.3 is 5.97 Å². The molecule has 8 heterocycles. The average Bonchev–Trinajstić information content (AvgIpc) is 1.73. The molecule has 0 aliphatic carbocycles. The summed E-state index contributed by atoms with van der Waals surface area (Å²) in [6.07, 6.45) is -57.8. The highest BCUT2D eigenvalue weighted by molar-refractivity contribution is 6.01. The fourth-order valence-electron chi connectivity index (χ4n) is 15.1. The molecule has 0 spiro atoms. The van der Waals surface area contributed by atoms with Crippen LogP contribution in [0.3, 0.4) is 0 Å². The Kier molecular flexibility index (Phi) is 46.2. The van der Waals surface area contributed by atoms with E-state index in [-0.39, 0.29) is 97.7 Å². The maximum Gasteiger partial charge on any atom is 0.333 e. The summed E-state index contributed by atoms with van der Waals surface area (Å²) < 4.78 is 79.2. The molecular weight excluding hydrogens is 1750 g/mol. The lowest BCUT2D eigenvalue weighted by atomic mass is 9.96. The van der Waals surface area contributed by atoms with Crippen molar-refractivity contribution in [3.05, 3.63) is 0 Å². The first-order chi connectivity index (χ1) is 61.6. The summed E-state index contributed by atoms with van der Waals surface area (Å²) in [5, 5.41) is 263. The summed E-state index contributed by atoms with van der Waals surface area (Å²) in [5.41, 5.74) is 0. The number of aliphatic hydroxyl groups is 24. The van der Waals surface area contributed by atoms with Gasteiger partial charge in [0, 0.05) is 65.0 Å². The SMILES string of the molecule is O=C(CCCCCNC(=O)CN(CC(=O)NCCCCCCN(CCO[C@@H]1O[C@H](CO)[C@@H](O)[C@H](O)[C@@H]1O)CCO[C@H]1O[C@H](CO[C@H]2O[C@H](CO)[C@@H](O)[C@H](O)[C@@H]2O)[C@@H](O)[C@H](O[C@H]2O[C@H](CO)[C@@H](O)[C@H](O)[C@@H]2O)[C@@H]1O)CC(=O)NCCCCCC(=O)ON1C(=O)CCC1=O)NCCO[C@@H]1O[C@H](CO[C@H]2O[C@H](CO)[C@@H](O)[C@H](O)[C@@H]2O)[C@@H](O)[C@H](O[C@H]2O[C@H](CO)[C@@H](O)[C@H](O)[C@@H]2O)[C@@H]1O. The van der Waals surface area contributed by atoms with Crippen molar-refractivity contribution >= 4 is 41.4 Å². The molecule has 8 saturated heterocycles. The van der Waals surface area contributed by atoms with Crippen LogP contribution >= 0.6 is 0 Å². The third kappa shape index (κ3) is 31.5. The molecule has 53 heteroatoms. The van der Waals surface area contributed by atoms with E-state index in [1.165, 1.54) is 4.90 Å². The Balaban J connectivity index is 0.808. The minimum atomic E-state index is -2.02. The molecular formula is C76H131N7O46. The van der Waals surface area contributed by atoms with E-state index in [1.807, 2.05) is 0 Å². The second-order valence-corrected chi connectivity index (χ2v) is 32.5. The number of amides is 6. The molecule has 0 aromatic rings. The van der Waals surface area contributed by atoms with E-state index in [9.17, 15) is 156 Å². The Morgan fingerprint density at radius 2 is 0.605 bits per heavy atom. The lowest BCUT2D eigenvalue weighted by Gasteiger charge is -2.46. The van der Waals surface area contributed by atoms with Crippen LogP contribution in [0.2, 0.25) is 0 Å². The van der Waals surface area contributed by atoms with Gasteiger partial charge in [0.25, 0.3) is 11.8 Å². The van der Waals surface area contributed by atoms with Crippen molar-refractivity contribution in [3.63, 3.8) is 0 Å². The second-order valence-electron chi connectivity index (χ2n) is 32.5. The molecule has 129 heavy (non-hydrogen) atoms. The van der Waals surface area contributed by atoms with Crippen LogP contribution in [-0.2, 0) is 105 Å². The molecule has 35 atom stereocenters. The fourth-order valence-corrected chi connectivity index (χ4v) is 15.1. The number of hydrogen-bond acceptors (Lipinski definition) is 48. The maximum atomic E-state index is 13.6. The van der Waals surface area contributed by atoms with Gasteiger partial charge in [-0.2, -0.15) is 0 Å². The van der Waals surface area contributed by atoms with Crippen molar-refractivity contribution in [2.24, 2.45) is 0 Å². The predicted molar refractivity (Wildman–Crippen MR) is 417 cm³/mol. The standard InChI is InChI=1S/C76H131N7O46/c84-28-35-49(96)56(103)61(108)70(120-35)116-23-20-81(21-24-117-74-67(114)69(128-76-65(112)60(107)53(100)39(32-88)124-76)55(102)41(126-74)34-119-72-63(110)58(105)51(98)37(30-86)122-72)19-10-2-1-7-15-77-43(90)25-82(27-45(92)79-17-9-4-6-12-48(95)129-83-46(93)13-14-47(83)94)26-44(91)78-16-8-3-5-11-42(89)80-18-22-115-73-66(113)68(127-75-64(111)59(106)52(99)38(31-87)123-75)54(101)40(125-73)33-118-71-62(109)57(104)50(97)36(29-85)121-71/h35-41,49-76,84-88,96-114H,1-34H2,(H,77,90)(H,78,91)(H,79,92)(H,80,89)/t35-,36-,37-,38-,39-,40-,41-,49-,50-,51-,52-,53-,54-,55-,56+,57+,58+,59+,60+,61+,62+,63+,64+,65+,66+,67+,68+,69+,70-,71+,72+,73-,74+,75-,76-/m1/s1. The first-order valence-corrected chi connectivity index (χ1v) is 43.1. The van der Waals surface area contributed by atoms with Crippen LogP contribution in [-0.4, -0.2) is 525 Å². The Hall–Kier alpha value is -5.11. The lowest BCUT2D eigenvalue weighted by molar-refractivity contribution is -0.366. The van der Waals surface area contributed by atoms with Crippen LogP contribution in [0.15, 0.2) is 0 Å². The number of nitrogens with zero attached hydrogens (tertiary/aromatic N) is 3. The van der Waals surface area contributed by atoms with Gasteiger partial charge in [-0.25, -0.2) is 4.79 Å². The number of hydroxylamine groups is 2. The number of imide groups is 1. The van der Waals surface area contributed by atoms with Crippen molar-refractivity contribution in [3.8, 4) is 0 Å². The zero-order valence-corrected chi connectivity index (χ0v) is 70.8. The second kappa shape index (κ2) is 54.6. The molecule has 0 saturated carbocycles. The molecule has 8 rings (SSSR count). The van der Waals surface area contributed by atoms with Crippen molar-refractivity contribution in [1.29, 1.82) is 0 Å². The van der Waals surface area contributed by atoms with Gasteiger partial charge in [0.15, 0.2) is 44.0 Å². The molecule has 8 aliphatic heterocycles. The first kappa shape index (κ1) is 109. The van der Waals surface area contributed by atoms with Crippen molar-refractivity contribution in [2.45, 2.75) is 305 Å². The van der Waals surface area contributed by atoms with Gasteiger partial charge in [-0.05, 0) is 45.1 Å². The lowest BCUT2D eigenvalue weighted by Crippen LogP contribution is -2.65. The highest BCUT2D eigenvalue weighted by Crippen LogP contribution is 2.35. The van der Waals surface area contributed by atoms with Gasteiger partial charge in [-0.1, -0.05) is 25.7 Å². The zero-order valence-electron chi connectivity index (χ0n) is 70.8. The number of hydrogen-bond donors (Lipinski definition) is 28. The molecule has 53 nitrogen and oxygen atoms in total. The summed E-state index contributed by atoms with van der Waals surface area (Å²) in [6, 6.07) is 0. The van der Waals surface area contributed by atoms with Gasteiger partial charge in [-0.3, -0.25) is 38.6 Å². The number of carbonyl (C=O) groups is 7. The van der Waals surface area contributed by atoms with Crippen molar-refractivity contribution in [1.82, 2.24) is 36.1 Å². The summed E-state index contributed by atoms with van der Waals surface area (Å²) in [7, 11) is 0. The fraction of sp³-hybridized carbons (Fsp3) is 0.908. The Morgan fingerprint density at radius 1 is 0.302 bits per heavy atom. The van der Waals surface area contributed by atoms with Gasteiger partial charge in [0.05, 0.1) is 85.7 Å². The topological polar surface area (TPSA) is 801 Å². The summed E-state index contributed by atoms with van der Waals surface area (Å²) in [4.78, 5) is 97.4. The molecule has 0 aromatic carbocycles. The quantitative estimate of drug-likeness (QED) is 0.0199. The van der Waals surface area contributed by atoms with Crippen LogP contribution in [0.5, 0.6) is 0 Å². The van der Waals surface area contributed by atoms with Crippen LogP contribution in [0.25, 0.3) is 0 Å². The largest absolute Gasteiger partial charge is 0.394 e. The summed E-state index contributed by atoms with van der Waals surface area (Å²) >= 11 is 0.